The first-order chi connectivity index (χ1) is 15.8. The zero-order valence-corrected chi connectivity index (χ0v) is 18.6. The Balaban J connectivity index is 2.07. The molecule has 33 heavy (non-hydrogen) atoms. The summed E-state index contributed by atoms with van der Waals surface area (Å²) in [5, 5.41) is 11.0. The number of hydrogen-bond acceptors (Lipinski definition) is 4. The van der Waals surface area contributed by atoms with Crippen molar-refractivity contribution >= 4 is 5.78 Å². The SMILES string of the molecule is Cn1c(O)c(C(c2ccccc2)C(C(=O)c2ccccc2)n2cc[n+](C)c2)c(=O)n(C)c1=O. The lowest BCUT2D eigenvalue weighted by molar-refractivity contribution is -0.671. The topological polar surface area (TPSA) is 90.1 Å². The molecule has 0 fully saturated rings. The molecule has 0 amide bonds. The normalized spacial score (nSPS) is 12.9. The second kappa shape index (κ2) is 8.74. The van der Waals surface area contributed by atoms with Crippen LogP contribution in [0.3, 0.4) is 0 Å². The van der Waals surface area contributed by atoms with Crippen LogP contribution in [0.1, 0.15) is 33.4 Å². The molecule has 2 heterocycles. The Bertz CT molecular complexity index is 1420. The van der Waals surface area contributed by atoms with E-state index in [0.717, 1.165) is 9.13 Å². The molecule has 8 nitrogen and oxygen atoms in total. The van der Waals surface area contributed by atoms with Crippen molar-refractivity contribution in [3.8, 4) is 5.88 Å². The Hall–Kier alpha value is -4.20. The average molecular weight is 445 g/mol. The predicted octanol–water partition coefficient (Wildman–Crippen LogP) is 1.67. The summed E-state index contributed by atoms with van der Waals surface area (Å²) in [6.07, 6.45) is 5.31. The number of nitrogens with zero attached hydrogens (tertiary/aromatic N) is 4. The molecule has 0 aliphatic rings. The van der Waals surface area contributed by atoms with Gasteiger partial charge in [0.25, 0.3) is 5.56 Å². The highest BCUT2D eigenvalue weighted by Crippen LogP contribution is 2.38. The van der Waals surface area contributed by atoms with Crippen LogP contribution in [0.2, 0.25) is 0 Å². The second-order valence-corrected chi connectivity index (χ2v) is 8.03. The van der Waals surface area contributed by atoms with Crippen molar-refractivity contribution < 1.29 is 14.5 Å². The first kappa shape index (κ1) is 22.0. The molecule has 0 aliphatic carbocycles. The van der Waals surface area contributed by atoms with Crippen LogP contribution >= 0.6 is 0 Å². The van der Waals surface area contributed by atoms with Crippen molar-refractivity contribution in [2.24, 2.45) is 21.1 Å². The number of Topliss-reactive ketones (excluding diaryl/α,β-unsaturated/α-hetero) is 1. The number of ketones is 1. The van der Waals surface area contributed by atoms with E-state index in [0.29, 0.717) is 11.1 Å². The fraction of sp³-hybridized carbons (Fsp3) is 0.200. The number of benzene rings is 2. The van der Waals surface area contributed by atoms with Crippen LogP contribution in [0.25, 0.3) is 0 Å². The maximum absolute atomic E-state index is 13.9. The smallest absolute Gasteiger partial charge is 0.333 e. The first-order valence-electron chi connectivity index (χ1n) is 10.5. The van der Waals surface area contributed by atoms with E-state index in [1.165, 1.54) is 14.1 Å². The van der Waals surface area contributed by atoms with Crippen LogP contribution in [0.15, 0.2) is 89.0 Å². The minimum absolute atomic E-state index is 0.0172. The lowest BCUT2D eigenvalue weighted by Crippen LogP contribution is -2.41. The summed E-state index contributed by atoms with van der Waals surface area (Å²) in [7, 11) is 4.59. The van der Waals surface area contributed by atoms with Gasteiger partial charge in [0.1, 0.15) is 12.4 Å². The molecule has 1 N–H and O–H groups in total. The van der Waals surface area contributed by atoms with Crippen LogP contribution < -0.4 is 15.8 Å². The Morgan fingerprint density at radius 3 is 2.12 bits per heavy atom. The number of imidazole rings is 1. The van der Waals surface area contributed by atoms with Crippen molar-refractivity contribution in [3.05, 3.63) is 117 Å². The third-order valence-corrected chi connectivity index (χ3v) is 5.89. The van der Waals surface area contributed by atoms with Crippen LogP contribution in [0.5, 0.6) is 5.88 Å². The molecule has 2 atom stereocenters. The van der Waals surface area contributed by atoms with Crippen molar-refractivity contribution in [1.82, 2.24) is 13.7 Å². The highest BCUT2D eigenvalue weighted by molar-refractivity contribution is 6.00. The van der Waals surface area contributed by atoms with E-state index in [2.05, 4.69) is 0 Å². The second-order valence-electron chi connectivity index (χ2n) is 8.03. The van der Waals surface area contributed by atoms with Crippen LogP contribution in [0, 0.1) is 0 Å². The van der Waals surface area contributed by atoms with Gasteiger partial charge >= 0.3 is 5.69 Å². The molecule has 168 valence electrons. The van der Waals surface area contributed by atoms with Crippen molar-refractivity contribution in [1.29, 1.82) is 0 Å². The third kappa shape index (κ3) is 3.91. The van der Waals surface area contributed by atoms with E-state index in [4.69, 9.17) is 0 Å². The zero-order chi connectivity index (χ0) is 23.7. The van der Waals surface area contributed by atoms with Gasteiger partial charge in [0.15, 0.2) is 6.04 Å². The van der Waals surface area contributed by atoms with Crippen molar-refractivity contribution in [2.75, 3.05) is 0 Å². The molecule has 4 aromatic rings. The Kier molecular flexibility index (Phi) is 5.83. The molecule has 2 unspecified atom stereocenters. The molecule has 0 spiro atoms. The maximum Gasteiger partial charge on any atom is 0.333 e. The molecule has 0 bridgehead atoms. The van der Waals surface area contributed by atoms with Crippen molar-refractivity contribution in [2.45, 2.75) is 12.0 Å². The molecule has 4 rings (SSSR count). The molecular formula is C25H25N4O4+. The van der Waals surface area contributed by atoms with Gasteiger partial charge in [0, 0.05) is 19.7 Å². The summed E-state index contributed by atoms with van der Waals surface area (Å²) in [5.41, 5.74) is -0.176. The molecular weight excluding hydrogens is 420 g/mol. The monoisotopic (exact) mass is 445 g/mol. The van der Waals surface area contributed by atoms with Gasteiger partial charge in [-0.05, 0) is 5.56 Å². The summed E-state index contributed by atoms with van der Waals surface area (Å²) >= 11 is 0. The van der Waals surface area contributed by atoms with Crippen LogP contribution in [-0.2, 0) is 21.1 Å². The standard InChI is InChI=1S/C25H24N4O4/c1-26-14-15-29(16-26)21(22(30)18-12-8-5-9-13-18)19(17-10-6-4-7-11-17)20-23(31)27(2)25(33)28(3)24(20)32/h4-16,19,21H,1-3H3/p+1. The highest BCUT2D eigenvalue weighted by Gasteiger charge is 2.40. The summed E-state index contributed by atoms with van der Waals surface area (Å²) in [6, 6.07) is 17.0. The van der Waals surface area contributed by atoms with E-state index in [1.807, 2.05) is 43.4 Å². The Morgan fingerprint density at radius 1 is 0.939 bits per heavy atom. The lowest BCUT2D eigenvalue weighted by atomic mass is 9.82. The number of carbonyl (C=O) groups is 1. The molecule has 0 radical (unpaired) electrons. The lowest BCUT2D eigenvalue weighted by Gasteiger charge is -2.26. The van der Waals surface area contributed by atoms with Gasteiger partial charge in [-0.25, -0.2) is 13.9 Å². The summed E-state index contributed by atoms with van der Waals surface area (Å²) < 4.78 is 5.50. The number of hydrogen-bond donors (Lipinski definition) is 1. The highest BCUT2D eigenvalue weighted by atomic mass is 16.3. The Labute approximate surface area is 190 Å². The van der Waals surface area contributed by atoms with Gasteiger partial charge in [0.2, 0.25) is 18.0 Å². The van der Waals surface area contributed by atoms with Gasteiger partial charge in [-0.1, -0.05) is 60.7 Å². The number of carbonyl (C=O) groups excluding carboxylic acids is 1. The molecule has 0 saturated heterocycles. The van der Waals surface area contributed by atoms with E-state index >= 15 is 0 Å². The van der Waals surface area contributed by atoms with Crippen LogP contribution in [-0.4, -0.2) is 24.6 Å². The van der Waals surface area contributed by atoms with Gasteiger partial charge < -0.3 is 5.11 Å². The van der Waals surface area contributed by atoms with Gasteiger partial charge in [-0.2, -0.15) is 0 Å². The van der Waals surface area contributed by atoms with Gasteiger partial charge in [-0.15, -0.1) is 0 Å². The summed E-state index contributed by atoms with van der Waals surface area (Å²) in [6.45, 7) is 0. The van der Waals surface area contributed by atoms with Crippen LogP contribution in [0.4, 0.5) is 0 Å². The molecule has 2 aromatic carbocycles. The fourth-order valence-electron chi connectivity index (χ4n) is 4.16. The van der Waals surface area contributed by atoms with E-state index in [9.17, 15) is 19.5 Å². The largest absolute Gasteiger partial charge is 0.494 e. The molecule has 0 saturated carbocycles. The molecule has 0 aliphatic heterocycles. The number of aromatic nitrogens is 4. The number of aromatic hydroxyl groups is 1. The third-order valence-electron chi connectivity index (χ3n) is 5.89. The number of aryl methyl sites for hydroxylation is 1. The minimum Gasteiger partial charge on any atom is -0.494 e. The first-order valence-corrected chi connectivity index (χ1v) is 10.5. The van der Waals surface area contributed by atoms with E-state index < -0.39 is 29.1 Å². The molecule has 8 heteroatoms. The van der Waals surface area contributed by atoms with Gasteiger partial charge in [-0.3, -0.25) is 18.7 Å². The summed E-state index contributed by atoms with van der Waals surface area (Å²) in [4.78, 5) is 39.7. The predicted molar refractivity (Wildman–Crippen MR) is 122 cm³/mol. The van der Waals surface area contributed by atoms with Crippen molar-refractivity contribution in [3.63, 3.8) is 0 Å². The quantitative estimate of drug-likeness (QED) is 0.361. The average Bonchev–Trinajstić information content (AvgIpc) is 3.27. The van der Waals surface area contributed by atoms with E-state index in [1.54, 1.807) is 52.1 Å². The van der Waals surface area contributed by atoms with Gasteiger partial charge in [0.05, 0.1) is 18.5 Å². The summed E-state index contributed by atoms with van der Waals surface area (Å²) in [5.74, 6) is -1.55. The minimum atomic E-state index is -0.896. The Morgan fingerprint density at radius 2 is 1.55 bits per heavy atom. The maximum atomic E-state index is 13.9. The fourth-order valence-corrected chi connectivity index (χ4v) is 4.16. The zero-order valence-electron chi connectivity index (χ0n) is 18.6. The van der Waals surface area contributed by atoms with E-state index in [-0.39, 0.29) is 11.3 Å². The molecule has 2 aromatic heterocycles. The number of rotatable bonds is 6.